The minimum Gasteiger partial charge on any atom is -0.479 e. The number of benzene rings is 1. The molecule has 6 nitrogen and oxygen atoms in total. The van der Waals surface area contributed by atoms with Crippen molar-refractivity contribution in [1.29, 1.82) is 0 Å². The van der Waals surface area contributed by atoms with Crippen molar-refractivity contribution in [3.8, 4) is 0 Å². The number of para-hydroxylation sites is 1. The Morgan fingerprint density at radius 3 is 2.84 bits per heavy atom. The lowest BCUT2D eigenvalue weighted by molar-refractivity contribution is -0.147. The van der Waals surface area contributed by atoms with Gasteiger partial charge < -0.3 is 20.1 Å². The molecule has 0 aliphatic carbocycles. The van der Waals surface area contributed by atoms with E-state index in [2.05, 4.69) is 10.3 Å². The second-order valence-electron chi connectivity index (χ2n) is 4.02. The largest absolute Gasteiger partial charge is 0.479 e. The SMILES string of the molecule is COC(CNC(=O)c1c[nH]c2ccccc12)C(=O)O. The predicted octanol–water partition coefficient (Wildman–Crippen LogP) is 0.997. The normalized spacial score (nSPS) is 12.3. The molecule has 0 saturated carbocycles. The third kappa shape index (κ3) is 2.74. The summed E-state index contributed by atoms with van der Waals surface area (Å²) in [4.78, 5) is 25.7. The van der Waals surface area contributed by atoms with Gasteiger partial charge in [0.2, 0.25) is 0 Å². The molecule has 19 heavy (non-hydrogen) atoms. The predicted molar refractivity (Wildman–Crippen MR) is 69.1 cm³/mol. The van der Waals surface area contributed by atoms with Crippen LogP contribution in [0.1, 0.15) is 10.4 Å². The number of carbonyl (C=O) groups excluding carboxylic acids is 1. The standard InChI is InChI=1S/C13H14N2O4/c1-19-11(13(17)18)7-15-12(16)9-6-14-10-5-3-2-4-8(9)10/h2-6,11,14H,7H2,1H3,(H,15,16)(H,17,18). The molecule has 0 saturated heterocycles. The molecule has 0 aliphatic heterocycles. The van der Waals surface area contributed by atoms with E-state index in [4.69, 9.17) is 9.84 Å². The summed E-state index contributed by atoms with van der Waals surface area (Å²) in [5.41, 5.74) is 1.34. The van der Waals surface area contributed by atoms with Gasteiger partial charge in [-0.05, 0) is 6.07 Å². The van der Waals surface area contributed by atoms with E-state index in [0.717, 1.165) is 10.9 Å². The van der Waals surface area contributed by atoms with E-state index in [9.17, 15) is 9.59 Å². The quantitative estimate of drug-likeness (QED) is 0.749. The molecule has 1 aromatic carbocycles. The van der Waals surface area contributed by atoms with Gasteiger partial charge in [-0.1, -0.05) is 18.2 Å². The monoisotopic (exact) mass is 262 g/mol. The Labute approximate surface area is 109 Å². The summed E-state index contributed by atoms with van der Waals surface area (Å²) in [6.07, 6.45) is 0.553. The molecule has 1 atom stereocenters. The highest BCUT2D eigenvalue weighted by Gasteiger charge is 2.18. The van der Waals surface area contributed by atoms with Crippen molar-refractivity contribution in [2.24, 2.45) is 0 Å². The Hall–Kier alpha value is -2.34. The topological polar surface area (TPSA) is 91.4 Å². The number of aromatic nitrogens is 1. The van der Waals surface area contributed by atoms with Gasteiger partial charge in [-0.3, -0.25) is 4.79 Å². The molecule has 0 aliphatic rings. The number of nitrogens with one attached hydrogen (secondary N) is 2. The van der Waals surface area contributed by atoms with Crippen LogP contribution in [0.25, 0.3) is 10.9 Å². The maximum Gasteiger partial charge on any atom is 0.334 e. The molecular weight excluding hydrogens is 248 g/mol. The van der Waals surface area contributed by atoms with Crippen LogP contribution in [0, 0.1) is 0 Å². The fraction of sp³-hybridized carbons (Fsp3) is 0.231. The van der Waals surface area contributed by atoms with Crippen molar-refractivity contribution < 1.29 is 19.4 Å². The average Bonchev–Trinajstić information content (AvgIpc) is 2.82. The highest BCUT2D eigenvalue weighted by atomic mass is 16.5. The third-order valence-electron chi connectivity index (χ3n) is 2.84. The van der Waals surface area contributed by atoms with Crippen molar-refractivity contribution in [3.05, 3.63) is 36.0 Å². The molecule has 1 heterocycles. The van der Waals surface area contributed by atoms with Gasteiger partial charge in [0, 0.05) is 24.2 Å². The molecule has 1 amide bonds. The fourth-order valence-electron chi connectivity index (χ4n) is 1.81. The first-order valence-corrected chi connectivity index (χ1v) is 5.73. The summed E-state index contributed by atoms with van der Waals surface area (Å²) in [5, 5.41) is 12.1. The first-order valence-electron chi connectivity index (χ1n) is 5.73. The second-order valence-corrected chi connectivity index (χ2v) is 4.02. The van der Waals surface area contributed by atoms with Crippen molar-refractivity contribution in [3.63, 3.8) is 0 Å². The summed E-state index contributed by atoms with van der Waals surface area (Å²) in [6, 6.07) is 7.39. The van der Waals surface area contributed by atoms with Crippen LogP contribution in [0.4, 0.5) is 0 Å². The van der Waals surface area contributed by atoms with E-state index < -0.39 is 12.1 Å². The maximum atomic E-state index is 12.0. The number of ether oxygens (including phenoxy) is 1. The van der Waals surface area contributed by atoms with Gasteiger partial charge in [-0.25, -0.2) is 4.79 Å². The molecule has 3 N–H and O–H groups in total. The number of hydrogen-bond donors (Lipinski definition) is 3. The van der Waals surface area contributed by atoms with Crippen molar-refractivity contribution >= 4 is 22.8 Å². The van der Waals surface area contributed by atoms with Gasteiger partial charge in [0.05, 0.1) is 12.1 Å². The summed E-state index contributed by atoms with van der Waals surface area (Å²) in [6.45, 7) is -0.0792. The minimum absolute atomic E-state index is 0.0792. The molecule has 0 radical (unpaired) electrons. The zero-order valence-electron chi connectivity index (χ0n) is 10.3. The van der Waals surface area contributed by atoms with Gasteiger partial charge in [0.15, 0.2) is 6.10 Å². The van der Waals surface area contributed by atoms with Crippen LogP contribution in [0.15, 0.2) is 30.5 Å². The van der Waals surface area contributed by atoms with E-state index in [1.807, 2.05) is 24.3 Å². The maximum absolute atomic E-state index is 12.0. The van der Waals surface area contributed by atoms with E-state index in [1.165, 1.54) is 7.11 Å². The highest BCUT2D eigenvalue weighted by molar-refractivity contribution is 6.06. The minimum atomic E-state index is -1.11. The summed E-state index contributed by atoms with van der Waals surface area (Å²) < 4.78 is 4.74. The number of hydrogen-bond acceptors (Lipinski definition) is 3. The lowest BCUT2D eigenvalue weighted by Gasteiger charge is -2.11. The van der Waals surface area contributed by atoms with Crippen LogP contribution >= 0.6 is 0 Å². The number of aliphatic carboxylic acids is 1. The number of carboxylic acid groups (broad SMARTS) is 1. The summed E-state index contributed by atoms with van der Waals surface area (Å²) in [5.74, 6) is -1.44. The van der Waals surface area contributed by atoms with Crippen LogP contribution in [0.3, 0.4) is 0 Å². The van der Waals surface area contributed by atoms with Gasteiger partial charge in [0.25, 0.3) is 5.91 Å². The number of H-pyrrole nitrogens is 1. The van der Waals surface area contributed by atoms with Crippen LogP contribution in [-0.4, -0.2) is 41.7 Å². The lowest BCUT2D eigenvalue weighted by atomic mass is 10.1. The number of amides is 1. The third-order valence-corrected chi connectivity index (χ3v) is 2.84. The number of carboxylic acids is 1. The van der Waals surface area contributed by atoms with Crippen LogP contribution in [0.5, 0.6) is 0 Å². The smallest absolute Gasteiger partial charge is 0.334 e. The van der Waals surface area contributed by atoms with Gasteiger partial charge >= 0.3 is 5.97 Å². The highest BCUT2D eigenvalue weighted by Crippen LogP contribution is 2.17. The van der Waals surface area contributed by atoms with Gasteiger partial charge in [-0.2, -0.15) is 0 Å². The molecule has 0 bridgehead atoms. The molecule has 0 spiro atoms. The zero-order valence-corrected chi connectivity index (χ0v) is 10.3. The lowest BCUT2D eigenvalue weighted by Crippen LogP contribution is -2.37. The van der Waals surface area contributed by atoms with E-state index in [1.54, 1.807) is 6.20 Å². The van der Waals surface area contributed by atoms with Gasteiger partial charge in [-0.15, -0.1) is 0 Å². The van der Waals surface area contributed by atoms with E-state index >= 15 is 0 Å². The molecule has 100 valence electrons. The Morgan fingerprint density at radius 1 is 1.42 bits per heavy atom. The zero-order chi connectivity index (χ0) is 13.8. The average molecular weight is 262 g/mol. The fourth-order valence-corrected chi connectivity index (χ4v) is 1.81. The molecule has 0 fully saturated rings. The van der Waals surface area contributed by atoms with Crippen molar-refractivity contribution in [1.82, 2.24) is 10.3 Å². The Morgan fingerprint density at radius 2 is 2.16 bits per heavy atom. The van der Waals surface area contributed by atoms with Crippen LogP contribution in [-0.2, 0) is 9.53 Å². The number of carbonyl (C=O) groups is 2. The van der Waals surface area contributed by atoms with Crippen LogP contribution in [0.2, 0.25) is 0 Å². The van der Waals surface area contributed by atoms with Crippen molar-refractivity contribution in [2.75, 3.05) is 13.7 Å². The molecule has 2 rings (SSSR count). The number of aromatic amines is 1. The molecule has 2 aromatic rings. The number of rotatable bonds is 5. The van der Waals surface area contributed by atoms with Gasteiger partial charge in [0.1, 0.15) is 0 Å². The molecule has 1 unspecified atom stereocenters. The Kier molecular flexibility index (Phi) is 3.82. The molecule has 6 heteroatoms. The first kappa shape index (κ1) is 13.1. The Bertz CT molecular complexity index is 605. The second kappa shape index (κ2) is 5.53. The molecule has 1 aromatic heterocycles. The first-order chi connectivity index (χ1) is 9.13. The summed E-state index contributed by atoms with van der Waals surface area (Å²) >= 11 is 0. The molecular formula is C13H14N2O4. The van der Waals surface area contributed by atoms with Crippen LogP contribution < -0.4 is 5.32 Å². The number of methoxy groups -OCH3 is 1. The Balaban J connectivity index is 2.10. The van der Waals surface area contributed by atoms with E-state index in [0.29, 0.717) is 5.56 Å². The van der Waals surface area contributed by atoms with E-state index in [-0.39, 0.29) is 12.5 Å². The van der Waals surface area contributed by atoms with Crippen molar-refractivity contribution in [2.45, 2.75) is 6.10 Å². The summed E-state index contributed by atoms with van der Waals surface area (Å²) in [7, 11) is 1.29. The number of fused-ring (bicyclic) bond motifs is 1.